The monoisotopic (exact) mass is 192 g/mol. The third-order valence-corrected chi connectivity index (χ3v) is 2.27. The van der Waals surface area contributed by atoms with Gasteiger partial charge < -0.3 is 5.73 Å². The largest absolute Gasteiger partial charge is 0.396 e. The van der Waals surface area contributed by atoms with E-state index in [1.165, 1.54) is 18.3 Å². The topological polar surface area (TPSA) is 73.0 Å². The van der Waals surface area contributed by atoms with E-state index in [9.17, 15) is 8.42 Å². The highest BCUT2D eigenvalue weighted by atomic mass is 35.7. The van der Waals surface area contributed by atoms with Crippen molar-refractivity contribution < 1.29 is 8.42 Å². The number of hydrogen-bond donors (Lipinski definition) is 1. The summed E-state index contributed by atoms with van der Waals surface area (Å²) in [5.41, 5.74) is 5.34. The lowest BCUT2D eigenvalue weighted by Crippen LogP contribution is -2.00. The van der Waals surface area contributed by atoms with Crippen molar-refractivity contribution in [2.24, 2.45) is 0 Å². The number of rotatable bonds is 1. The molecule has 0 unspecified atom stereocenters. The number of hydrogen-bond acceptors (Lipinski definition) is 4. The van der Waals surface area contributed by atoms with Gasteiger partial charge in [0.25, 0.3) is 9.05 Å². The molecule has 0 aromatic carbocycles. The van der Waals surface area contributed by atoms with Crippen LogP contribution >= 0.6 is 10.7 Å². The maximum absolute atomic E-state index is 10.7. The Bertz CT molecular complexity index is 363. The predicted octanol–water partition coefficient (Wildman–Crippen LogP) is 0.591. The number of pyridine rings is 1. The van der Waals surface area contributed by atoms with Crippen molar-refractivity contribution in [3.63, 3.8) is 0 Å². The van der Waals surface area contributed by atoms with Gasteiger partial charge in [-0.2, -0.15) is 0 Å². The summed E-state index contributed by atoms with van der Waals surface area (Å²) in [4.78, 5) is 3.50. The highest BCUT2D eigenvalue weighted by Crippen LogP contribution is 2.17. The molecule has 0 fully saturated rings. The Morgan fingerprint density at radius 3 is 2.55 bits per heavy atom. The highest BCUT2D eigenvalue weighted by Gasteiger charge is 2.14. The maximum Gasteiger partial charge on any atom is 0.280 e. The second kappa shape index (κ2) is 2.67. The molecule has 0 spiro atoms. The lowest BCUT2D eigenvalue weighted by Gasteiger charge is -1.97. The number of anilines is 1. The van der Waals surface area contributed by atoms with Crippen LogP contribution in [0.5, 0.6) is 0 Å². The molecule has 4 nitrogen and oxygen atoms in total. The molecule has 1 heterocycles. The molecule has 0 atom stereocenters. The fourth-order valence-electron chi connectivity index (χ4n) is 0.607. The van der Waals surface area contributed by atoms with Crippen LogP contribution in [0.2, 0.25) is 0 Å². The van der Waals surface area contributed by atoms with Crippen LogP contribution in [0.1, 0.15) is 0 Å². The van der Waals surface area contributed by atoms with Gasteiger partial charge in [0.1, 0.15) is 0 Å². The van der Waals surface area contributed by atoms with Crippen molar-refractivity contribution in [1.29, 1.82) is 0 Å². The summed E-state index contributed by atoms with van der Waals surface area (Å²) < 4.78 is 21.4. The zero-order valence-corrected chi connectivity index (χ0v) is 6.93. The Morgan fingerprint density at radius 2 is 2.18 bits per heavy atom. The molecule has 1 aromatic heterocycles. The molecular formula is C5H5ClN2O2S. The van der Waals surface area contributed by atoms with Gasteiger partial charge in [-0.3, -0.25) is 0 Å². The summed E-state index contributed by atoms with van der Waals surface area (Å²) in [6, 6.07) is 2.95. The van der Waals surface area contributed by atoms with Crippen LogP contribution < -0.4 is 5.73 Å². The van der Waals surface area contributed by atoms with Crippen LogP contribution in [-0.2, 0) is 9.05 Å². The minimum absolute atomic E-state index is 0.0579. The zero-order chi connectivity index (χ0) is 8.48. The quantitative estimate of drug-likeness (QED) is 0.661. The second-order valence-corrected chi connectivity index (χ2v) is 4.32. The summed E-state index contributed by atoms with van der Waals surface area (Å²) in [6.07, 6.45) is 1.31. The smallest absolute Gasteiger partial charge is 0.280 e. The molecule has 6 heteroatoms. The van der Waals surface area contributed by atoms with Crippen molar-refractivity contribution >= 4 is 25.4 Å². The van der Waals surface area contributed by atoms with Gasteiger partial charge in [0.2, 0.25) is 0 Å². The van der Waals surface area contributed by atoms with Crippen LogP contribution in [0.25, 0.3) is 0 Å². The Balaban J connectivity index is 3.37. The molecule has 1 rings (SSSR count). The molecule has 11 heavy (non-hydrogen) atoms. The Hall–Kier alpha value is -0.810. The van der Waals surface area contributed by atoms with Crippen molar-refractivity contribution in [1.82, 2.24) is 4.98 Å². The molecule has 0 radical (unpaired) electrons. The molecule has 0 amide bonds. The fourth-order valence-corrected chi connectivity index (χ4v) is 1.53. The molecule has 0 bridgehead atoms. The summed E-state index contributed by atoms with van der Waals surface area (Å²) in [7, 11) is 1.20. The first-order chi connectivity index (χ1) is 5.02. The lowest BCUT2D eigenvalue weighted by atomic mass is 10.4. The molecule has 0 aliphatic carbocycles. The maximum atomic E-state index is 10.7. The first-order valence-electron chi connectivity index (χ1n) is 2.67. The number of aromatic nitrogens is 1. The van der Waals surface area contributed by atoms with Crippen LogP contribution in [0.4, 0.5) is 5.69 Å². The van der Waals surface area contributed by atoms with Gasteiger partial charge in [0.05, 0.1) is 5.69 Å². The Labute approximate surface area is 68.4 Å². The molecule has 0 aliphatic rings. The van der Waals surface area contributed by atoms with E-state index in [1.807, 2.05) is 0 Å². The van der Waals surface area contributed by atoms with Crippen molar-refractivity contribution in [2.45, 2.75) is 5.03 Å². The minimum atomic E-state index is -3.80. The van der Waals surface area contributed by atoms with Crippen molar-refractivity contribution in [3.05, 3.63) is 18.3 Å². The normalized spacial score (nSPS) is 11.4. The van der Waals surface area contributed by atoms with E-state index in [0.29, 0.717) is 0 Å². The molecule has 60 valence electrons. The first-order valence-corrected chi connectivity index (χ1v) is 4.98. The van der Waals surface area contributed by atoms with E-state index >= 15 is 0 Å². The Kier molecular flexibility index (Phi) is 2.01. The summed E-state index contributed by atoms with van der Waals surface area (Å²) in [5.74, 6) is 0. The SMILES string of the molecule is Nc1cccnc1S(=O)(=O)Cl. The van der Waals surface area contributed by atoms with Crippen LogP contribution in [0.3, 0.4) is 0 Å². The summed E-state index contributed by atoms with van der Waals surface area (Å²) >= 11 is 0. The molecule has 0 saturated heterocycles. The van der Waals surface area contributed by atoms with E-state index in [0.717, 1.165) is 0 Å². The van der Waals surface area contributed by atoms with E-state index < -0.39 is 9.05 Å². The fraction of sp³-hybridized carbons (Fsp3) is 0. The number of nitrogens with two attached hydrogens (primary N) is 1. The first kappa shape index (κ1) is 8.29. The highest BCUT2D eigenvalue weighted by molar-refractivity contribution is 8.13. The molecule has 0 aliphatic heterocycles. The van der Waals surface area contributed by atoms with E-state index in [2.05, 4.69) is 4.98 Å². The van der Waals surface area contributed by atoms with Gasteiger partial charge in [-0.25, -0.2) is 13.4 Å². The van der Waals surface area contributed by atoms with Crippen LogP contribution in [0, 0.1) is 0 Å². The lowest BCUT2D eigenvalue weighted by molar-refractivity contribution is 0.606. The standard InChI is InChI=1S/C5H5ClN2O2S/c6-11(9,10)5-4(7)2-1-3-8-5/h1-3H,7H2. The van der Waals surface area contributed by atoms with E-state index in [4.69, 9.17) is 16.4 Å². The van der Waals surface area contributed by atoms with Gasteiger partial charge in [-0.15, -0.1) is 0 Å². The van der Waals surface area contributed by atoms with Gasteiger partial charge in [0, 0.05) is 16.9 Å². The molecular weight excluding hydrogens is 188 g/mol. The van der Waals surface area contributed by atoms with Crippen LogP contribution in [0.15, 0.2) is 23.4 Å². The van der Waals surface area contributed by atoms with Crippen LogP contribution in [-0.4, -0.2) is 13.4 Å². The zero-order valence-electron chi connectivity index (χ0n) is 5.36. The average Bonchev–Trinajstić information content (AvgIpc) is 1.86. The third-order valence-electron chi connectivity index (χ3n) is 1.03. The second-order valence-electron chi connectivity index (χ2n) is 1.84. The summed E-state index contributed by atoms with van der Waals surface area (Å²) in [6.45, 7) is 0. The number of nitrogens with zero attached hydrogens (tertiary/aromatic N) is 1. The van der Waals surface area contributed by atoms with E-state index in [1.54, 1.807) is 0 Å². The summed E-state index contributed by atoms with van der Waals surface area (Å²) in [5, 5.41) is -0.290. The average molecular weight is 193 g/mol. The minimum Gasteiger partial charge on any atom is -0.396 e. The Morgan fingerprint density at radius 1 is 1.55 bits per heavy atom. The van der Waals surface area contributed by atoms with Crippen molar-refractivity contribution in [3.8, 4) is 0 Å². The molecule has 1 aromatic rings. The number of halogens is 1. The third kappa shape index (κ3) is 1.81. The van der Waals surface area contributed by atoms with Crippen molar-refractivity contribution in [2.75, 3.05) is 5.73 Å². The van der Waals surface area contributed by atoms with Gasteiger partial charge >= 0.3 is 0 Å². The molecule has 2 N–H and O–H groups in total. The van der Waals surface area contributed by atoms with E-state index in [-0.39, 0.29) is 10.7 Å². The predicted molar refractivity (Wildman–Crippen MR) is 41.7 cm³/mol. The van der Waals surface area contributed by atoms with Gasteiger partial charge in [0.15, 0.2) is 5.03 Å². The molecule has 0 saturated carbocycles. The van der Waals surface area contributed by atoms with Gasteiger partial charge in [-0.1, -0.05) is 0 Å². The number of nitrogen functional groups attached to an aromatic ring is 1. The van der Waals surface area contributed by atoms with Gasteiger partial charge in [-0.05, 0) is 12.1 Å².